The average Bonchev–Trinajstić information content (AvgIpc) is 2.72. The Morgan fingerprint density at radius 3 is 2.45 bits per heavy atom. The van der Waals surface area contributed by atoms with Crippen LogP contribution in [0.15, 0.2) is 32.7 Å². The molecular formula is C20H16ClF5N2O4S. The third-order valence-corrected chi connectivity index (χ3v) is 6.12. The second-order valence-electron chi connectivity index (χ2n) is 6.77. The van der Waals surface area contributed by atoms with Crippen molar-refractivity contribution >= 4 is 34.3 Å². The summed E-state index contributed by atoms with van der Waals surface area (Å²) in [5, 5.41) is 8.34. The number of aliphatic hydroxyl groups excluding tert-OH is 1. The molecule has 178 valence electrons. The molecule has 0 fully saturated rings. The zero-order valence-electron chi connectivity index (χ0n) is 16.8. The number of aromatic nitrogens is 2. The Morgan fingerprint density at radius 1 is 1.15 bits per heavy atom. The van der Waals surface area contributed by atoms with E-state index in [1.54, 1.807) is 6.92 Å². The van der Waals surface area contributed by atoms with E-state index in [9.17, 15) is 36.6 Å². The Kier molecular flexibility index (Phi) is 7.52. The first kappa shape index (κ1) is 25.2. The number of fused-ring (bicyclic) bond motifs is 1. The second kappa shape index (κ2) is 9.84. The number of hydrogen-bond donors (Lipinski definition) is 3. The van der Waals surface area contributed by atoms with Crippen molar-refractivity contribution in [2.75, 3.05) is 19.0 Å². The molecule has 33 heavy (non-hydrogen) atoms. The molecule has 6 nitrogen and oxygen atoms in total. The minimum Gasteiger partial charge on any atom is -0.394 e. The van der Waals surface area contributed by atoms with Gasteiger partial charge in [0.15, 0.2) is 0 Å². The number of nitrogens with one attached hydrogen (secondary N) is 2. The lowest BCUT2D eigenvalue weighted by Crippen LogP contribution is -2.24. The van der Waals surface area contributed by atoms with Crippen molar-refractivity contribution in [2.45, 2.75) is 24.1 Å². The highest BCUT2D eigenvalue weighted by atomic mass is 35.5. The smallest absolute Gasteiger partial charge is 0.394 e. The molecule has 3 N–H and O–H groups in total. The monoisotopic (exact) mass is 510 g/mol. The van der Waals surface area contributed by atoms with Crippen LogP contribution >= 0.6 is 23.4 Å². The molecule has 13 heteroatoms. The fraction of sp³-hybridized carbons (Fsp3) is 0.300. The number of benzene rings is 2. The van der Waals surface area contributed by atoms with Crippen LogP contribution in [0.4, 0.5) is 22.0 Å². The van der Waals surface area contributed by atoms with Crippen LogP contribution in [0, 0.1) is 11.6 Å². The van der Waals surface area contributed by atoms with E-state index in [1.165, 1.54) is 0 Å². The predicted octanol–water partition coefficient (Wildman–Crippen LogP) is 4.32. The third kappa shape index (κ3) is 5.24. The van der Waals surface area contributed by atoms with Crippen molar-refractivity contribution in [1.29, 1.82) is 0 Å². The first-order valence-corrected chi connectivity index (χ1v) is 10.7. The number of aromatic amines is 2. The van der Waals surface area contributed by atoms with Gasteiger partial charge >= 0.3 is 11.9 Å². The molecule has 3 rings (SSSR count). The molecule has 2 aromatic carbocycles. The number of thioether (sulfide) groups is 1. The SMILES string of the molecule is CCO[C@@H](CO)CSc1c(-c2cc(Cl)c(F)cc2F)c(C(F)(F)F)cc2c(=O)[nH]c(=O)[nH]c12. The molecule has 0 aliphatic heterocycles. The summed E-state index contributed by atoms with van der Waals surface area (Å²) < 4.78 is 75.9. The van der Waals surface area contributed by atoms with E-state index in [1.807, 2.05) is 4.98 Å². The first-order valence-electron chi connectivity index (χ1n) is 9.38. The van der Waals surface area contributed by atoms with Gasteiger partial charge in [0.05, 0.1) is 34.2 Å². The maximum Gasteiger partial charge on any atom is 0.417 e. The lowest BCUT2D eigenvalue weighted by Gasteiger charge is -2.21. The van der Waals surface area contributed by atoms with Gasteiger partial charge in [-0.15, -0.1) is 11.8 Å². The number of ether oxygens (including phenoxy) is 1. The van der Waals surface area contributed by atoms with E-state index in [0.29, 0.717) is 30.0 Å². The number of H-pyrrole nitrogens is 2. The summed E-state index contributed by atoms with van der Waals surface area (Å²) in [6.07, 6.45) is -5.88. The predicted molar refractivity (Wildman–Crippen MR) is 114 cm³/mol. The van der Waals surface area contributed by atoms with Crippen molar-refractivity contribution in [3.63, 3.8) is 0 Å². The summed E-state index contributed by atoms with van der Waals surface area (Å²) in [6.45, 7) is 1.37. The number of hydrogen-bond acceptors (Lipinski definition) is 5. The molecule has 0 spiro atoms. The van der Waals surface area contributed by atoms with Crippen molar-refractivity contribution in [3.8, 4) is 11.1 Å². The van der Waals surface area contributed by atoms with Gasteiger partial charge in [0.1, 0.15) is 11.6 Å². The standard InChI is InChI=1S/C20H16ClF5N2O4S/c1-2-32-8(6-29)7-33-17-15(9-4-12(21)14(23)5-13(9)22)11(20(24,25)26)3-10-16(17)27-19(31)28-18(10)30/h3-5,8,29H,2,6-7H2,1H3,(H2,27,28,30,31)/t8-/m0/s1. The Hall–Kier alpha value is -2.41. The van der Waals surface area contributed by atoms with Crippen LogP contribution in [0.25, 0.3) is 22.0 Å². The van der Waals surface area contributed by atoms with E-state index < -0.39 is 68.9 Å². The fourth-order valence-corrected chi connectivity index (χ4v) is 4.58. The summed E-state index contributed by atoms with van der Waals surface area (Å²) in [6, 6.07) is 1.52. The van der Waals surface area contributed by atoms with Crippen LogP contribution in [0.2, 0.25) is 5.02 Å². The topological polar surface area (TPSA) is 95.2 Å². The number of alkyl halides is 3. The van der Waals surface area contributed by atoms with Gasteiger partial charge in [0.2, 0.25) is 0 Å². The largest absolute Gasteiger partial charge is 0.417 e. The number of halogens is 6. The molecule has 0 saturated heterocycles. The molecule has 0 radical (unpaired) electrons. The Bertz CT molecular complexity index is 1310. The van der Waals surface area contributed by atoms with Gasteiger partial charge in [-0.2, -0.15) is 13.2 Å². The zero-order chi connectivity index (χ0) is 24.5. The quantitative estimate of drug-likeness (QED) is 0.250. The zero-order valence-corrected chi connectivity index (χ0v) is 18.4. The van der Waals surface area contributed by atoms with Crippen LogP contribution in [-0.2, 0) is 10.9 Å². The van der Waals surface area contributed by atoms with Crippen LogP contribution in [-0.4, -0.2) is 40.1 Å². The number of rotatable bonds is 7. The molecule has 0 unspecified atom stereocenters. The van der Waals surface area contributed by atoms with Crippen LogP contribution < -0.4 is 11.2 Å². The van der Waals surface area contributed by atoms with Crippen LogP contribution in [0.5, 0.6) is 0 Å². The Balaban J connectivity index is 2.44. The van der Waals surface area contributed by atoms with E-state index in [-0.39, 0.29) is 22.8 Å². The molecule has 1 heterocycles. The van der Waals surface area contributed by atoms with Gasteiger partial charge in [-0.25, -0.2) is 13.6 Å². The van der Waals surface area contributed by atoms with E-state index in [2.05, 4.69) is 4.98 Å². The molecule has 0 aliphatic rings. The van der Waals surface area contributed by atoms with Crippen molar-refractivity contribution < 1.29 is 31.8 Å². The van der Waals surface area contributed by atoms with Gasteiger partial charge in [-0.3, -0.25) is 9.78 Å². The summed E-state index contributed by atoms with van der Waals surface area (Å²) in [4.78, 5) is 28.0. The van der Waals surface area contributed by atoms with Gasteiger partial charge in [-0.05, 0) is 19.1 Å². The molecule has 3 aromatic rings. The second-order valence-corrected chi connectivity index (χ2v) is 8.21. The maximum atomic E-state index is 14.7. The summed E-state index contributed by atoms with van der Waals surface area (Å²) in [5.41, 5.74) is -5.20. The molecule has 0 saturated carbocycles. The molecule has 0 aliphatic carbocycles. The minimum atomic E-state index is -5.06. The first-order chi connectivity index (χ1) is 15.5. The lowest BCUT2D eigenvalue weighted by atomic mass is 9.96. The van der Waals surface area contributed by atoms with Gasteiger partial charge in [0.25, 0.3) is 5.56 Å². The van der Waals surface area contributed by atoms with Crippen LogP contribution in [0.1, 0.15) is 12.5 Å². The summed E-state index contributed by atoms with van der Waals surface area (Å²) in [7, 11) is 0. The lowest BCUT2D eigenvalue weighted by molar-refractivity contribution is -0.137. The molecule has 0 bridgehead atoms. The fourth-order valence-electron chi connectivity index (χ4n) is 3.19. The Morgan fingerprint density at radius 2 is 1.85 bits per heavy atom. The maximum absolute atomic E-state index is 14.7. The highest BCUT2D eigenvalue weighted by Crippen LogP contribution is 2.46. The van der Waals surface area contributed by atoms with Crippen molar-refractivity contribution in [3.05, 3.63) is 61.3 Å². The highest BCUT2D eigenvalue weighted by Gasteiger charge is 2.37. The van der Waals surface area contributed by atoms with Gasteiger partial charge in [-0.1, -0.05) is 11.6 Å². The molecule has 0 amide bonds. The van der Waals surface area contributed by atoms with Crippen molar-refractivity contribution in [2.24, 2.45) is 0 Å². The highest BCUT2D eigenvalue weighted by molar-refractivity contribution is 7.99. The molecule has 1 atom stereocenters. The summed E-state index contributed by atoms with van der Waals surface area (Å²) >= 11 is 6.42. The van der Waals surface area contributed by atoms with E-state index >= 15 is 0 Å². The Labute approximate surface area is 191 Å². The summed E-state index contributed by atoms with van der Waals surface area (Å²) in [5.74, 6) is -2.62. The van der Waals surface area contributed by atoms with E-state index in [4.69, 9.17) is 16.3 Å². The minimum absolute atomic E-state index is 0.112. The average molecular weight is 511 g/mol. The third-order valence-electron chi connectivity index (χ3n) is 4.60. The van der Waals surface area contributed by atoms with Crippen molar-refractivity contribution in [1.82, 2.24) is 9.97 Å². The molecular weight excluding hydrogens is 495 g/mol. The van der Waals surface area contributed by atoms with Gasteiger partial charge in [0, 0.05) is 34.4 Å². The van der Waals surface area contributed by atoms with Gasteiger partial charge < -0.3 is 14.8 Å². The molecule has 1 aromatic heterocycles. The van der Waals surface area contributed by atoms with Crippen LogP contribution in [0.3, 0.4) is 0 Å². The number of aliphatic hydroxyl groups is 1. The van der Waals surface area contributed by atoms with E-state index in [0.717, 1.165) is 0 Å². The normalized spacial score (nSPS) is 13.0.